The molecule has 0 heterocycles. The van der Waals surface area contributed by atoms with E-state index in [1.807, 2.05) is 18.2 Å². The molecule has 0 amide bonds. The fourth-order valence-electron chi connectivity index (χ4n) is 1.21. The van der Waals surface area contributed by atoms with E-state index in [4.69, 9.17) is 4.74 Å². The lowest BCUT2D eigenvalue weighted by molar-refractivity contribution is 0.208. The topological polar surface area (TPSA) is 9.23 Å². The molecular formula is C13H18O. The van der Waals surface area contributed by atoms with E-state index in [9.17, 15) is 0 Å². The molecule has 0 saturated carbocycles. The van der Waals surface area contributed by atoms with Crippen molar-refractivity contribution in [3.63, 3.8) is 0 Å². The molecule has 0 unspecified atom stereocenters. The van der Waals surface area contributed by atoms with E-state index in [2.05, 4.69) is 32.1 Å². The molecule has 0 aromatic heterocycles. The molecule has 0 atom stereocenters. The van der Waals surface area contributed by atoms with Gasteiger partial charge < -0.3 is 4.74 Å². The number of hydrogen-bond acceptors (Lipinski definition) is 1. The van der Waals surface area contributed by atoms with Crippen molar-refractivity contribution >= 4 is 6.08 Å². The monoisotopic (exact) mass is 190 g/mol. The Hall–Kier alpha value is -1.24. The highest BCUT2D eigenvalue weighted by Gasteiger charge is 1.94. The molecule has 1 aromatic carbocycles. The SMILES string of the molecule is CCCOC(=Cc1ccccc1)CC. The molecule has 1 rings (SSSR count). The molecule has 0 fully saturated rings. The zero-order valence-corrected chi connectivity index (χ0v) is 8.99. The highest BCUT2D eigenvalue weighted by atomic mass is 16.5. The maximum absolute atomic E-state index is 5.61. The molecule has 0 N–H and O–H groups in total. The Morgan fingerprint density at radius 2 is 1.93 bits per heavy atom. The second kappa shape index (κ2) is 6.25. The van der Waals surface area contributed by atoms with E-state index in [-0.39, 0.29) is 0 Å². The molecule has 76 valence electrons. The Kier molecular flexibility index (Phi) is 4.84. The molecule has 0 saturated heterocycles. The largest absolute Gasteiger partial charge is 0.498 e. The summed E-state index contributed by atoms with van der Waals surface area (Å²) in [6, 6.07) is 10.3. The predicted octanol–water partition coefficient (Wildman–Crippen LogP) is 3.86. The van der Waals surface area contributed by atoms with Crippen molar-refractivity contribution in [3.05, 3.63) is 41.7 Å². The van der Waals surface area contributed by atoms with Gasteiger partial charge in [-0.25, -0.2) is 0 Å². The second-order valence-electron chi connectivity index (χ2n) is 3.22. The van der Waals surface area contributed by atoms with Crippen LogP contribution in [0.3, 0.4) is 0 Å². The molecule has 0 radical (unpaired) electrons. The fourth-order valence-corrected chi connectivity index (χ4v) is 1.21. The number of ether oxygens (including phenoxy) is 1. The summed E-state index contributed by atoms with van der Waals surface area (Å²) in [5, 5.41) is 0. The van der Waals surface area contributed by atoms with Crippen molar-refractivity contribution in [1.82, 2.24) is 0 Å². The van der Waals surface area contributed by atoms with Crippen molar-refractivity contribution < 1.29 is 4.74 Å². The van der Waals surface area contributed by atoms with Gasteiger partial charge in [-0.3, -0.25) is 0 Å². The predicted molar refractivity (Wildman–Crippen MR) is 61.0 cm³/mol. The van der Waals surface area contributed by atoms with Gasteiger partial charge in [0.1, 0.15) is 0 Å². The lowest BCUT2D eigenvalue weighted by atomic mass is 10.2. The first-order valence-electron chi connectivity index (χ1n) is 5.25. The Morgan fingerprint density at radius 3 is 2.50 bits per heavy atom. The van der Waals surface area contributed by atoms with Crippen molar-refractivity contribution in [3.8, 4) is 0 Å². The van der Waals surface area contributed by atoms with E-state index in [1.165, 1.54) is 5.56 Å². The third-order valence-corrected chi connectivity index (χ3v) is 1.97. The van der Waals surface area contributed by atoms with Gasteiger partial charge >= 0.3 is 0 Å². The quantitative estimate of drug-likeness (QED) is 0.640. The van der Waals surface area contributed by atoms with Crippen LogP contribution in [-0.2, 0) is 4.74 Å². The molecular weight excluding hydrogens is 172 g/mol. The van der Waals surface area contributed by atoms with Crippen molar-refractivity contribution in [1.29, 1.82) is 0 Å². The minimum Gasteiger partial charge on any atom is -0.498 e. The first-order chi connectivity index (χ1) is 6.86. The molecule has 1 nitrogen and oxygen atoms in total. The summed E-state index contributed by atoms with van der Waals surface area (Å²) in [5.74, 6) is 1.07. The fraction of sp³-hybridized carbons (Fsp3) is 0.385. The molecule has 1 aromatic rings. The smallest absolute Gasteiger partial charge is 0.0962 e. The van der Waals surface area contributed by atoms with Crippen LogP contribution in [0.15, 0.2) is 36.1 Å². The Balaban J connectivity index is 2.64. The third-order valence-electron chi connectivity index (χ3n) is 1.97. The number of benzene rings is 1. The van der Waals surface area contributed by atoms with E-state index in [0.717, 1.165) is 25.2 Å². The summed E-state index contributed by atoms with van der Waals surface area (Å²) in [7, 11) is 0. The number of hydrogen-bond donors (Lipinski definition) is 0. The summed E-state index contributed by atoms with van der Waals surface area (Å²) in [6.07, 6.45) is 4.12. The maximum Gasteiger partial charge on any atom is 0.0962 e. The Bertz CT molecular complexity index is 275. The van der Waals surface area contributed by atoms with E-state index >= 15 is 0 Å². The van der Waals surface area contributed by atoms with E-state index < -0.39 is 0 Å². The molecule has 14 heavy (non-hydrogen) atoms. The van der Waals surface area contributed by atoms with E-state index in [1.54, 1.807) is 0 Å². The van der Waals surface area contributed by atoms with Crippen LogP contribution >= 0.6 is 0 Å². The van der Waals surface area contributed by atoms with Gasteiger partial charge in [0.15, 0.2) is 0 Å². The minimum atomic E-state index is 0.812. The van der Waals surface area contributed by atoms with Crippen LogP contribution in [0.25, 0.3) is 6.08 Å². The van der Waals surface area contributed by atoms with Crippen LogP contribution in [-0.4, -0.2) is 6.61 Å². The van der Waals surface area contributed by atoms with Crippen LogP contribution in [0.2, 0.25) is 0 Å². The van der Waals surface area contributed by atoms with Crippen LogP contribution in [0.4, 0.5) is 0 Å². The van der Waals surface area contributed by atoms with Gasteiger partial charge in [-0.05, 0) is 18.1 Å². The lowest BCUT2D eigenvalue weighted by Gasteiger charge is -2.07. The van der Waals surface area contributed by atoms with Crippen molar-refractivity contribution in [2.24, 2.45) is 0 Å². The average Bonchev–Trinajstić information content (AvgIpc) is 2.25. The normalized spacial score (nSPS) is 11.4. The number of allylic oxidation sites excluding steroid dienone is 1. The van der Waals surface area contributed by atoms with Crippen LogP contribution < -0.4 is 0 Å². The lowest BCUT2D eigenvalue weighted by Crippen LogP contribution is -1.92. The van der Waals surface area contributed by atoms with Crippen molar-refractivity contribution in [2.45, 2.75) is 26.7 Å². The van der Waals surface area contributed by atoms with Gasteiger partial charge in [0.25, 0.3) is 0 Å². The van der Waals surface area contributed by atoms with Crippen LogP contribution in [0, 0.1) is 0 Å². The van der Waals surface area contributed by atoms with Gasteiger partial charge in [0, 0.05) is 6.42 Å². The molecule has 0 spiro atoms. The summed E-state index contributed by atoms with van der Waals surface area (Å²) >= 11 is 0. The number of rotatable bonds is 5. The zero-order chi connectivity index (χ0) is 10.2. The first kappa shape index (κ1) is 10.8. The standard InChI is InChI=1S/C13H18O/c1-3-10-14-13(4-2)11-12-8-6-5-7-9-12/h5-9,11H,3-4,10H2,1-2H3. The molecule has 0 bridgehead atoms. The van der Waals surface area contributed by atoms with Gasteiger partial charge in [0.05, 0.1) is 12.4 Å². The van der Waals surface area contributed by atoms with Gasteiger partial charge in [-0.1, -0.05) is 44.2 Å². The maximum atomic E-state index is 5.61. The van der Waals surface area contributed by atoms with Crippen molar-refractivity contribution in [2.75, 3.05) is 6.61 Å². The summed E-state index contributed by atoms with van der Waals surface area (Å²) in [6.45, 7) is 5.05. The van der Waals surface area contributed by atoms with Gasteiger partial charge in [0.2, 0.25) is 0 Å². The van der Waals surface area contributed by atoms with Crippen LogP contribution in [0.1, 0.15) is 32.3 Å². The zero-order valence-electron chi connectivity index (χ0n) is 8.99. The average molecular weight is 190 g/mol. The molecule has 1 heteroatoms. The Labute approximate surface area is 86.4 Å². The summed E-state index contributed by atoms with van der Waals surface area (Å²) in [5.41, 5.74) is 1.21. The van der Waals surface area contributed by atoms with Crippen LogP contribution in [0.5, 0.6) is 0 Å². The Morgan fingerprint density at radius 1 is 1.21 bits per heavy atom. The highest BCUT2D eigenvalue weighted by molar-refractivity contribution is 5.50. The third kappa shape index (κ3) is 3.65. The van der Waals surface area contributed by atoms with E-state index in [0.29, 0.717) is 0 Å². The highest BCUT2D eigenvalue weighted by Crippen LogP contribution is 2.10. The van der Waals surface area contributed by atoms with Gasteiger partial charge in [-0.15, -0.1) is 0 Å². The molecule has 0 aliphatic heterocycles. The molecule has 0 aliphatic carbocycles. The van der Waals surface area contributed by atoms with Gasteiger partial charge in [-0.2, -0.15) is 0 Å². The minimum absolute atomic E-state index is 0.812. The second-order valence-corrected chi connectivity index (χ2v) is 3.22. The first-order valence-corrected chi connectivity index (χ1v) is 5.25. The summed E-state index contributed by atoms with van der Waals surface area (Å²) < 4.78 is 5.61. The molecule has 0 aliphatic rings. The summed E-state index contributed by atoms with van der Waals surface area (Å²) in [4.78, 5) is 0.